The van der Waals surface area contributed by atoms with Crippen LogP contribution < -0.4 is 11.5 Å². The van der Waals surface area contributed by atoms with E-state index in [-0.39, 0.29) is 0 Å². The molecule has 4 N–H and O–H groups in total. The van der Waals surface area contributed by atoms with Crippen molar-refractivity contribution in [3.05, 3.63) is 83.9 Å². The zero-order chi connectivity index (χ0) is 17.1. The molecule has 3 rings (SSSR count). The van der Waals surface area contributed by atoms with Crippen LogP contribution in [0.25, 0.3) is 22.3 Å². The minimum atomic E-state index is -0.455. The van der Waals surface area contributed by atoms with Gasteiger partial charge in [-0.3, -0.25) is 9.59 Å². The van der Waals surface area contributed by atoms with Gasteiger partial charge >= 0.3 is 0 Å². The Bertz CT molecular complexity index is 821. The quantitative estimate of drug-likeness (QED) is 0.775. The number of hydrogen-bond donors (Lipinski definition) is 2. The van der Waals surface area contributed by atoms with Crippen LogP contribution in [0.2, 0.25) is 0 Å². The van der Waals surface area contributed by atoms with E-state index in [1.807, 2.05) is 42.5 Å². The summed E-state index contributed by atoms with van der Waals surface area (Å²) >= 11 is 0. The predicted molar refractivity (Wildman–Crippen MR) is 93.2 cm³/mol. The molecule has 4 heteroatoms. The van der Waals surface area contributed by atoms with Gasteiger partial charge in [0.15, 0.2) is 0 Å². The van der Waals surface area contributed by atoms with Crippen molar-refractivity contribution in [3.63, 3.8) is 0 Å². The van der Waals surface area contributed by atoms with Gasteiger partial charge in [-0.25, -0.2) is 0 Å². The third kappa shape index (κ3) is 3.03. The summed E-state index contributed by atoms with van der Waals surface area (Å²) in [6.45, 7) is 0. The van der Waals surface area contributed by atoms with Crippen LogP contribution in [-0.2, 0) is 0 Å². The summed E-state index contributed by atoms with van der Waals surface area (Å²) in [4.78, 5) is 22.4. The summed E-state index contributed by atoms with van der Waals surface area (Å²) in [6.07, 6.45) is 0. The number of benzene rings is 3. The number of amides is 2. The number of rotatable bonds is 4. The van der Waals surface area contributed by atoms with Crippen LogP contribution in [0.3, 0.4) is 0 Å². The number of carbonyl (C=O) groups excluding carboxylic acids is 2. The van der Waals surface area contributed by atoms with Crippen molar-refractivity contribution in [2.45, 2.75) is 0 Å². The minimum absolute atomic E-state index is 0.454. The van der Waals surface area contributed by atoms with Gasteiger partial charge in [0, 0.05) is 11.1 Å². The summed E-state index contributed by atoms with van der Waals surface area (Å²) in [6, 6.07) is 23.0. The molecule has 4 nitrogen and oxygen atoms in total. The maximum atomic E-state index is 11.2. The average molecular weight is 315 g/mol. The smallest absolute Gasteiger partial charge is 0.248 e. The lowest BCUT2D eigenvalue weighted by molar-refractivity contribution is 0.0992. The third-order valence-corrected chi connectivity index (χ3v) is 3.82. The molecule has 24 heavy (non-hydrogen) atoms. The Morgan fingerprint density at radius 3 is 1.58 bits per heavy atom. The molecule has 0 heterocycles. The average Bonchev–Trinajstić information content (AvgIpc) is 2.62. The highest BCUT2D eigenvalue weighted by Crippen LogP contribution is 2.32. The van der Waals surface area contributed by atoms with Gasteiger partial charge in [0.05, 0.1) is 0 Å². The Morgan fingerprint density at radius 1 is 0.667 bits per heavy atom. The highest BCUT2D eigenvalue weighted by atomic mass is 16.1. The number of carbonyl (C=O) groups is 2. The summed E-state index contributed by atoms with van der Waals surface area (Å²) in [5.41, 5.74) is 15.4. The fraction of sp³-hybridized carbons (Fsp3) is 0. The fourth-order valence-corrected chi connectivity index (χ4v) is 2.55. The second kappa shape index (κ2) is 6.38. The van der Waals surface area contributed by atoms with Crippen LogP contribution in [0.1, 0.15) is 20.7 Å². The molecule has 0 aromatic heterocycles. The number of primary amides is 2. The van der Waals surface area contributed by atoms with Gasteiger partial charge in [-0.15, -0.1) is 0 Å². The highest BCUT2D eigenvalue weighted by molar-refractivity contribution is 5.95. The van der Waals surface area contributed by atoms with Crippen LogP contribution in [0.4, 0.5) is 0 Å². The summed E-state index contributed by atoms with van der Waals surface area (Å²) in [7, 11) is 0. The summed E-state index contributed by atoms with van der Waals surface area (Å²) < 4.78 is 0. The zero-order valence-corrected chi connectivity index (χ0v) is 12.8. The molecule has 3 aromatic rings. The van der Waals surface area contributed by atoms with Gasteiger partial charge in [0.2, 0.25) is 11.8 Å². The largest absolute Gasteiger partial charge is 0.366 e. The van der Waals surface area contributed by atoms with Crippen LogP contribution in [-0.4, -0.2) is 11.8 Å². The van der Waals surface area contributed by atoms with Crippen LogP contribution >= 0.6 is 0 Å². The standard InChI is InChI=1S/C20H15N2O2/c21-19(23)15-9-5-13(6-10-15)17-3-1-2-4-18(17)14-7-11-16(12-8-14)20(22)24/h1,3-12H,(H2,21,23)(H2,22,24). The molecule has 0 unspecified atom stereocenters. The first-order chi connectivity index (χ1) is 11.6. The first-order valence-electron chi connectivity index (χ1n) is 7.37. The molecule has 0 saturated heterocycles. The molecule has 0 aliphatic rings. The van der Waals surface area contributed by atoms with Crippen molar-refractivity contribution < 1.29 is 9.59 Å². The Hall–Kier alpha value is -3.40. The van der Waals surface area contributed by atoms with Crippen molar-refractivity contribution in [2.24, 2.45) is 11.5 Å². The van der Waals surface area contributed by atoms with E-state index < -0.39 is 11.8 Å². The van der Waals surface area contributed by atoms with Crippen molar-refractivity contribution in [1.82, 2.24) is 0 Å². The van der Waals surface area contributed by atoms with E-state index in [1.54, 1.807) is 24.3 Å². The molecule has 0 bridgehead atoms. The molecular weight excluding hydrogens is 300 g/mol. The van der Waals surface area contributed by atoms with E-state index in [9.17, 15) is 9.59 Å². The molecule has 117 valence electrons. The topological polar surface area (TPSA) is 86.2 Å². The third-order valence-electron chi connectivity index (χ3n) is 3.82. The van der Waals surface area contributed by atoms with Crippen molar-refractivity contribution in [2.75, 3.05) is 0 Å². The normalized spacial score (nSPS) is 10.3. The van der Waals surface area contributed by atoms with Crippen molar-refractivity contribution in [3.8, 4) is 22.3 Å². The molecule has 0 atom stereocenters. The highest BCUT2D eigenvalue weighted by Gasteiger charge is 2.09. The Balaban J connectivity index is 2.04. The predicted octanol–water partition coefficient (Wildman–Crippen LogP) is 3.02. The number of hydrogen-bond acceptors (Lipinski definition) is 2. The van der Waals surface area contributed by atoms with E-state index in [1.165, 1.54) is 0 Å². The second-order valence-corrected chi connectivity index (χ2v) is 5.35. The molecule has 0 fully saturated rings. The lowest BCUT2D eigenvalue weighted by Gasteiger charge is -2.11. The second-order valence-electron chi connectivity index (χ2n) is 5.35. The van der Waals surface area contributed by atoms with Gasteiger partial charge in [-0.05, 0) is 58.7 Å². The zero-order valence-electron chi connectivity index (χ0n) is 12.8. The van der Waals surface area contributed by atoms with E-state index >= 15 is 0 Å². The SMILES string of the molecule is NC(=O)c1ccc(-c2c[c]ccc2-c2ccc(C(N)=O)cc2)cc1. The maximum Gasteiger partial charge on any atom is 0.248 e. The molecule has 0 saturated carbocycles. The van der Waals surface area contributed by atoms with Gasteiger partial charge < -0.3 is 11.5 Å². The lowest BCUT2D eigenvalue weighted by atomic mass is 9.93. The van der Waals surface area contributed by atoms with Crippen molar-refractivity contribution >= 4 is 11.8 Å². The monoisotopic (exact) mass is 315 g/mol. The first-order valence-corrected chi connectivity index (χ1v) is 7.37. The van der Waals surface area contributed by atoms with Gasteiger partial charge in [0.1, 0.15) is 0 Å². The molecule has 1 radical (unpaired) electrons. The molecule has 2 amide bonds. The Labute approximate surface area is 139 Å². The maximum absolute atomic E-state index is 11.2. The first kappa shape index (κ1) is 15.5. The molecule has 0 spiro atoms. The van der Waals surface area contributed by atoms with Gasteiger partial charge in [-0.2, -0.15) is 0 Å². The van der Waals surface area contributed by atoms with Gasteiger partial charge in [0.25, 0.3) is 0 Å². The lowest BCUT2D eigenvalue weighted by Crippen LogP contribution is -2.10. The summed E-state index contributed by atoms with van der Waals surface area (Å²) in [5.74, 6) is -0.909. The van der Waals surface area contributed by atoms with Crippen LogP contribution in [0.15, 0.2) is 66.7 Å². The molecular formula is C20H15N2O2. The molecule has 0 aliphatic heterocycles. The Kier molecular flexibility index (Phi) is 4.12. The summed E-state index contributed by atoms with van der Waals surface area (Å²) in [5, 5.41) is 0. The molecule has 0 aliphatic carbocycles. The van der Waals surface area contributed by atoms with E-state index in [2.05, 4.69) is 6.07 Å². The number of nitrogens with two attached hydrogens (primary N) is 2. The van der Waals surface area contributed by atoms with E-state index in [0.717, 1.165) is 22.3 Å². The van der Waals surface area contributed by atoms with Gasteiger partial charge in [-0.1, -0.05) is 36.4 Å². The minimum Gasteiger partial charge on any atom is -0.366 e. The van der Waals surface area contributed by atoms with E-state index in [4.69, 9.17) is 11.5 Å². The van der Waals surface area contributed by atoms with E-state index in [0.29, 0.717) is 11.1 Å². The molecule has 3 aromatic carbocycles. The Morgan fingerprint density at radius 2 is 1.12 bits per heavy atom. The van der Waals surface area contributed by atoms with Crippen LogP contribution in [0, 0.1) is 6.07 Å². The fourth-order valence-electron chi connectivity index (χ4n) is 2.55. The van der Waals surface area contributed by atoms with Crippen LogP contribution in [0.5, 0.6) is 0 Å². The van der Waals surface area contributed by atoms with Crippen molar-refractivity contribution in [1.29, 1.82) is 0 Å².